The first-order chi connectivity index (χ1) is 17.0. The van der Waals surface area contributed by atoms with Gasteiger partial charge in [0.05, 0.1) is 23.6 Å². The van der Waals surface area contributed by atoms with Crippen LogP contribution in [0.5, 0.6) is 5.75 Å². The lowest BCUT2D eigenvalue weighted by Crippen LogP contribution is -2.23. The molecule has 0 saturated carbocycles. The van der Waals surface area contributed by atoms with E-state index in [9.17, 15) is 13.6 Å². The number of thioether (sulfide) groups is 1. The fourth-order valence-corrected chi connectivity index (χ4v) is 4.41. The molecule has 1 N–H and O–H groups in total. The van der Waals surface area contributed by atoms with Gasteiger partial charge < -0.3 is 14.6 Å². The molecule has 4 rings (SSSR count). The summed E-state index contributed by atoms with van der Waals surface area (Å²) in [4.78, 5) is 12.7. The molecule has 35 heavy (non-hydrogen) atoms. The largest absolute Gasteiger partial charge is 0.496 e. The van der Waals surface area contributed by atoms with E-state index in [2.05, 4.69) is 15.5 Å². The van der Waals surface area contributed by atoms with Crippen molar-refractivity contribution in [3.8, 4) is 17.1 Å². The number of aromatic nitrogens is 3. The first-order valence-corrected chi connectivity index (χ1v) is 11.9. The minimum absolute atomic E-state index is 0.206. The van der Waals surface area contributed by atoms with Crippen LogP contribution in [0, 0.1) is 11.6 Å². The molecular formula is C26H24F2N4O2S. The summed E-state index contributed by atoms with van der Waals surface area (Å²) < 4.78 is 34.9. The summed E-state index contributed by atoms with van der Waals surface area (Å²) in [6.45, 7) is 2.25. The number of carbonyl (C=O) groups excluding carboxylic acids is 1. The Bertz CT molecular complexity index is 1310. The Balaban J connectivity index is 1.60. The number of anilines is 1. The summed E-state index contributed by atoms with van der Waals surface area (Å²) in [7, 11) is 1.59. The fraction of sp³-hybridized carbons (Fsp3) is 0.192. The van der Waals surface area contributed by atoms with Crippen molar-refractivity contribution in [2.75, 3.05) is 12.4 Å². The van der Waals surface area contributed by atoms with Crippen LogP contribution in [0.2, 0.25) is 0 Å². The predicted molar refractivity (Wildman–Crippen MR) is 132 cm³/mol. The number of benzene rings is 3. The number of rotatable bonds is 9. The lowest BCUT2D eigenvalue weighted by Gasteiger charge is -2.15. The molecule has 1 atom stereocenters. The number of hydrogen-bond acceptors (Lipinski definition) is 5. The van der Waals surface area contributed by atoms with E-state index in [0.717, 1.165) is 35.7 Å². The van der Waals surface area contributed by atoms with Gasteiger partial charge in [0.25, 0.3) is 0 Å². The molecule has 4 aromatic rings. The maximum atomic E-state index is 14.0. The highest BCUT2D eigenvalue weighted by Crippen LogP contribution is 2.32. The van der Waals surface area contributed by atoms with Crippen molar-refractivity contribution in [2.45, 2.75) is 30.3 Å². The van der Waals surface area contributed by atoms with Crippen LogP contribution in [-0.4, -0.2) is 33.0 Å². The molecule has 0 aliphatic heterocycles. The molecule has 180 valence electrons. The van der Waals surface area contributed by atoms with Crippen molar-refractivity contribution < 1.29 is 18.3 Å². The predicted octanol–water partition coefficient (Wildman–Crippen LogP) is 5.59. The zero-order chi connectivity index (χ0) is 24.8. The molecule has 6 nitrogen and oxygen atoms in total. The third-order valence-corrected chi connectivity index (χ3v) is 6.45. The Kier molecular flexibility index (Phi) is 7.77. The Labute approximate surface area is 206 Å². The Morgan fingerprint density at radius 1 is 1.06 bits per heavy atom. The minimum atomic E-state index is -0.707. The third-order valence-electron chi connectivity index (χ3n) is 5.37. The molecule has 1 heterocycles. The molecule has 9 heteroatoms. The number of nitrogens with one attached hydrogen (secondary N) is 1. The van der Waals surface area contributed by atoms with E-state index >= 15 is 0 Å². The number of halogens is 2. The van der Waals surface area contributed by atoms with Crippen molar-refractivity contribution in [2.24, 2.45) is 0 Å². The van der Waals surface area contributed by atoms with Crippen LogP contribution >= 0.6 is 11.8 Å². The Morgan fingerprint density at radius 3 is 2.57 bits per heavy atom. The van der Waals surface area contributed by atoms with E-state index in [1.165, 1.54) is 11.8 Å². The smallest absolute Gasteiger partial charge is 0.237 e. The number of methoxy groups -OCH3 is 1. The summed E-state index contributed by atoms with van der Waals surface area (Å²) in [5, 5.41) is 11.1. The molecule has 0 fully saturated rings. The zero-order valence-electron chi connectivity index (χ0n) is 19.2. The molecule has 0 saturated heterocycles. The molecular weight excluding hydrogens is 470 g/mol. The number of aryl methyl sites for hydroxylation is 1. The van der Waals surface area contributed by atoms with Crippen molar-refractivity contribution >= 4 is 23.4 Å². The second-order valence-corrected chi connectivity index (χ2v) is 9.08. The zero-order valence-corrected chi connectivity index (χ0v) is 20.1. The van der Waals surface area contributed by atoms with Gasteiger partial charge in [-0.25, -0.2) is 8.78 Å². The molecule has 0 aliphatic rings. The van der Waals surface area contributed by atoms with Gasteiger partial charge in [0.2, 0.25) is 5.91 Å². The summed E-state index contributed by atoms with van der Waals surface area (Å²) in [6.07, 6.45) is 0.726. The van der Waals surface area contributed by atoms with E-state index in [-0.39, 0.29) is 5.69 Å². The van der Waals surface area contributed by atoms with Gasteiger partial charge in [-0.1, -0.05) is 54.2 Å². The van der Waals surface area contributed by atoms with Crippen LogP contribution in [0.4, 0.5) is 14.5 Å². The molecule has 1 aromatic heterocycles. The van der Waals surface area contributed by atoms with E-state index in [4.69, 9.17) is 4.74 Å². The van der Waals surface area contributed by atoms with Gasteiger partial charge in [0.15, 0.2) is 11.0 Å². The van der Waals surface area contributed by atoms with Gasteiger partial charge in [0, 0.05) is 12.6 Å². The first-order valence-electron chi connectivity index (χ1n) is 11.0. The molecule has 0 spiro atoms. The number of hydrogen-bond donors (Lipinski definition) is 1. The number of carbonyl (C=O) groups is 1. The van der Waals surface area contributed by atoms with Gasteiger partial charge >= 0.3 is 0 Å². The summed E-state index contributed by atoms with van der Waals surface area (Å²) in [5.41, 5.74) is 1.72. The second-order valence-electron chi connectivity index (χ2n) is 7.77. The average molecular weight is 495 g/mol. The number of nitrogens with zero attached hydrogens (tertiary/aromatic N) is 3. The van der Waals surface area contributed by atoms with Crippen LogP contribution in [0.3, 0.4) is 0 Å². The number of ether oxygens (including phenoxy) is 1. The van der Waals surface area contributed by atoms with Crippen molar-refractivity contribution in [1.82, 2.24) is 14.8 Å². The van der Waals surface area contributed by atoms with E-state index < -0.39 is 22.8 Å². The van der Waals surface area contributed by atoms with Crippen molar-refractivity contribution in [3.05, 3.63) is 90.0 Å². The highest BCUT2D eigenvalue weighted by atomic mass is 32.2. The molecule has 0 aliphatic carbocycles. The highest BCUT2D eigenvalue weighted by molar-refractivity contribution is 8.00. The van der Waals surface area contributed by atoms with E-state index in [1.807, 2.05) is 59.2 Å². The third kappa shape index (κ3) is 5.86. The van der Waals surface area contributed by atoms with Crippen LogP contribution in [0.25, 0.3) is 11.4 Å². The highest BCUT2D eigenvalue weighted by Gasteiger charge is 2.23. The molecule has 0 radical (unpaired) electrons. The van der Waals surface area contributed by atoms with Gasteiger partial charge in [-0.05, 0) is 43.2 Å². The quantitative estimate of drug-likeness (QED) is 0.307. The topological polar surface area (TPSA) is 69.0 Å². The van der Waals surface area contributed by atoms with E-state index in [1.54, 1.807) is 14.0 Å². The SMILES string of the molecule is COc1ccccc1-c1nnc(SC(C)C(=O)Nc2cc(F)ccc2F)n1CCc1ccccc1. The lowest BCUT2D eigenvalue weighted by molar-refractivity contribution is -0.115. The summed E-state index contributed by atoms with van der Waals surface area (Å²) in [5.74, 6) is -0.545. The summed E-state index contributed by atoms with van der Waals surface area (Å²) in [6, 6.07) is 20.5. The van der Waals surface area contributed by atoms with Crippen molar-refractivity contribution in [3.63, 3.8) is 0 Å². The lowest BCUT2D eigenvalue weighted by atomic mass is 10.1. The fourth-order valence-electron chi connectivity index (χ4n) is 3.53. The van der Waals surface area contributed by atoms with Gasteiger partial charge in [-0.3, -0.25) is 4.79 Å². The summed E-state index contributed by atoms with van der Waals surface area (Å²) >= 11 is 1.19. The Morgan fingerprint density at radius 2 is 1.80 bits per heavy atom. The first kappa shape index (κ1) is 24.4. The average Bonchev–Trinajstić information content (AvgIpc) is 3.27. The van der Waals surface area contributed by atoms with Crippen LogP contribution in [-0.2, 0) is 17.8 Å². The van der Waals surface area contributed by atoms with Crippen LogP contribution in [0.1, 0.15) is 12.5 Å². The standard InChI is InChI=1S/C26H24F2N4O2S/c1-17(25(33)29-22-16-19(27)12-13-21(22)28)35-26-31-30-24(20-10-6-7-11-23(20)34-2)32(26)15-14-18-8-4-3-5-9-18/h3-13,16-17H,14-15H2,1-2H3,(H,29,33). The van der Waals surface area contributed by atoms with Gasteiger partial charge in [0.1, 0.15) is 17.4 Å². The molecule has 1 amide bonds. The van der Waals surface area contributed by atoms with E-state index in [0.29, 0.717) is 23.3 Å². The normalized spacial score (nSPS) is 11.8. The maximum absolute atomic E-state index is 14.0. The molecule has 1 unspecified atom stereocenters. The maximum Gasteiger partial charge on any atom is 0.237 e. The monoisotopic (exact) mass is 494 g/mol. The van der Waals surface area contributed by atoms with Gasteiger partial charge in [-0.15, -0.1) is 10.2 Å². The number of amides is 1. The Hall–Kier alpha value is -3.72. The number of para-hydroxylation sites is 1. The van der Waals surface area contributed by atoms with Crippen LogP contribution < -0.4 is 10.1 Å². The van der Waals surface area contributed by atoms with Crippen LogP contribution in [0.15, 0.2) is 78.0 Å². The minimum Gasteiger partial charge on any atom is -0.496 e. The molecule has 0 bridgehead atoms. The molecule has 3 aromatic carbocycles. The second kappa shape index (κ2) is 11.1. The van der Waals surface area contributed by atoms with Gasteiger partial charge in [-0.2, -0.15) is 0 Å². The van der Waals surface area contributed by atoms with Crippen molar-refractivity contribution in [1.29, 1.82) is 0 Å².